The molecule has 0 amide bonds. The number of benzene rings is 1. The lowest BCUT2D eigenvalue weighted by molar-refractivity contribution is 0.356. The SMILES string of the molecule is COc1cc(S)cc(P(C)(C)=O)c1OC. The average molecular weight is 246 g/mol. The molecular weight excluding hydrogens is 231 g/mol. The zero-order chi connectivity index (χ0) is 11.6. The van der Waals surface area contributed by atoms with Crippen LogP contribution in [0.1, 0.15) is 0 Å². The van der Waals surface area contributed by atoms with Crippen molar-refractivity contribution < 1.29 is 14.0 Å². The summed E-state index contributed by atoms with van der Waals surface area (Å²) in [5.41, 5.74) is 0. The van der Waals surface area contributed by atoms with Crippen molar-refractivity contribution in [1.29, 1.82) is 0 Å². The summed E-state index contributed by atoms with van der Waals surface area (Å²) in [5, 5.41) is 0.661. The van der Waals surface area contributed by atoms with Gasteiger partial charge in [0.15, 0.2) is 11.5 Å². The molecule has 0 radical (unpaired) electrons. The van der Waals surface area contributed by atoms with Gasteiger partial charge in [-0.15, -0.1) is 12.6 Å². The molecule has 0 heterocycles. The Morgan fingerprint density at radius 3 is 2.20 bits per heavy atom. The van der Waals surface area contributed by atoms with Crippen LogP contribution in [0.4, 0.5) is 0 Å². The Morgan fingerprint density at radius 2 is 1.80 bits per heavy atom. The number of thiol groups is 1. The van der Waals surface area contributed by atoms with Crippen LogP contribution in [0.25, 0.3) is 0 Å². The van der Waals surface area contributed by atoms with Crippen molar-refractivity contribution in [3.05, 3.63) is 12.1 Å². The number of rotatable bonds is 3. The number of methoxy groups -OCH3 is 2. The van der Waals surface area contributed by atoms with Gasteiger partial charge in [0.1, 0.15) is 7.14 Å². The smallest absolute Gasteiger partial charge is 0.171 e. The molecule has 0 atom stereocenters. The van der Waals surface area contributed by atoms with E-state index < -0.39 is 7.14 Å². The summed E-state index contributed by atoms with van der Waals surface area (Å²) < 4.78 is 22.4. The first-order chi connectivity index (χ1) is 6.90. The minimum absolute atomic E-state index is 0.531. The standard InChI is InChI=1S/C10H15O3PS/c1-12-8-5-7(15)6-9(10(8)13-2)14(3,4)11/h5-6,15H,1-4H3. The van der Waals surface area contributed by atoms with E-state index in [1.807, 2.05) is 0 Å². The number of hydrogen-bond acceptors (Lipinski definition) is 4. The molecule has 0 aliphatic carbocycles. The molecule has 1 aromatic rings. The van der Waals surface area contributed by atoms with Crippen molar-refractivity contribution in [1.82, 2.24) is 0 Å². The molecule has 0 N–H and O–H groups in total. The molecule has 0 saturated carbocycles. The molecule has 1 rings (SSSR count). The molecule has 1 aromatic carbocycles. The van der Waals surface area contributed by atoms with Gasteiger partial charge < -0.3 is 14.0 Å². The Balaban J connectivity index is 3.49. The second-order valence-electron chi connectivity index (χ2n) is 3.55. The molecular formula is C10H15O3PS. The van der Waals surface area contributed by atoms with Crippen LogP contribution >= 0.6 is 19.8 Å². The van der Waals surface area contributed by atoms with Gasteiger partial charge in [-0.05, 0) is 25.5 Å². The lowest BCUT2D eigenvalue weighted by Gasteiger charge is -2.16. The summed E-state index contributed by atoms with van der Waals surface area (Å²) in [5.74, 6) is 1.09. The first-order valence-corrected chi connectivity index (χ1v) is 7.45. The largest absolute Gasteiger partial charge is 0.493 e. The predicted molar refractivity (Wildman–Crippen MR) is 65.9 cm³/mol. The summed E-state index contributed by atoms with van der Waals surface area (Å²) in [6, 6.07) is 3.49. The third-order valence-corrected chi connectivity index (χ3v) is 3.77. The third kappa shape index (κ3) is 2.70. The molecule has 0 saturated heterocycles. The highest BCUT2D eigenvalue weighted by Gasteiger charge is 2.21. The van der Waals surface area contributed by atoms with Crippen LogP contribution in [-0.2, 0) is 4.57 Å². The highest BCUT2D eigenvalue weighted by molar-refractivity contribution is 7.80. The van der Waals surface area contributed by atoms with Crippen LogP contribution in [0.15, 0.2) is 17.0 Å². The second kappa shape index (κ2) is 4.50. The molecule has 5 heteroatoms. The van der Waals surface area contributed by atoms with Crippen molar-refractivity contribution in [2.24, 2.45) is 0 Å². The molecule has 0 spiro atoms. The zero-order valence-corrected chi connectivity index (χ0v) is 11.1. The van der Waals surface area contributed by atoms with Gasteiger partial charge in [-0.25, -0.2) is 0 Å². The van der Waals surface area contributed by atoms with E-state index in [4.69, 9.17) is 9.47 Å². The van der Waals surface area contributed by atoms with E-state index in [1.54, 1.807) is 32.6 Å². The first kappa shape index (κ1) is 12.5. The Morgan fingerprint density at radius 1 is 1.20 bits per heavy atom. The van der Waals surface area contributed by atoms with E-state index in [2.05, 4.69) is 12.6 Å². The van der Waals surface area contributed by atoms with Gasteiger partial charge in [-0.2, -0.15) is 0 Å². The van der Waals surface area contributed by atoms with E-state index in [0.29, 0.717) is 21.7 Å². The molecule has 0 aliphatic heterocycles. The molecule has 15 heavy (non-hydrogen) atoms. The Bertz CT molecular complexity index is 411. The predicted octanol–water partition coefficient (Wildman–Crippen LogP) is 2.24. The van der Waals surface area contributed by atoms with Gasteiger partial charge in [0, 0.05) is 4.90 Å². The lowest BCUT2D eigenvalue weighted by Crippen LogP contribution is -2.09. The van der Waals surface area contributed by atoms with E-state index in [9.17, 15) is 4.57 Å². The van der Waals surface area contributed by atoms with Crippen molar-refractivity contribution in [2.45, 2.75) is 4.90 Å². The molecule has 0 unspecified atom stereocenters. The van der Waals surface area contributed by atoms with Gasteiger partial charge >= 0.3 is 0 Å². The van der Waals surface area contributed by atoms with Crippen LogP contribution in [-0.4, -0.2) is 27.5 Å². The fourth-order valence-corrected chi connectivity index (χ4v) is 2.82. The summed E-state index contributed by atoms with van der Waals surface area (Å²) >= 11 is 4.24. The minimum Gasteiger partial charge on any atom is -0.493 e. The molecule has 84 valence electrons. The van der Waals surface area contributed by atoms with Gasteiger partial charge in [0.2, 0.25) is 0 Å². The van der Waals surface area contributed by atoms with E-state index >= 15 is 0 Å². The number of ether oxygens (including phenoxy) is 2. The second-order valence-corrected chi connectivity index (χ2v) is 7.25. The van der Waals surface area contributed by atoms with E-state index in [1.165, 1.54) is 7.11 Å². The quantitative estimate of drug-likeness (QED) is 0.656. The molecule has 0 aromatic heterocycles. The van der Waals surface area contributed by atoms with Crippen molar-refractivity contribution in [3.63, 3.8) is 0 Å². The van der Waals surface area contributed by atoms with Crippen molar-refractivity contribution in [3.8, 4) is 11.5 Å². The first-order valence-electron chi connectivity index (χ1n) is 4.40. The maximum atomic E-state index is 12.0. The summed E-state index contributed by atoms with van der Waals surface area (Å²) in [7, 11) is 0.690. The monoisotopic (exact) mass is 246 g/mol. The third-order valence-electron chi connectivity index (χ3n) is 2.02. The van der Waals surface area contributed by atoms with Gasteiger partial charge in [-0.3, -0.25) is 0 Å². The van der Waals surface area contributed by atoms with Crippen molar-refractivity contribution >= 4 is 25.1 Å². The van der Waals surface area contributed by atoms with Crippen LogP contribution in [0.3, 0.4) is 0 Å². The highest BCUT2D eigenvalue weighted by atomic mass is 32.1. The molecule has 0 bridgehead atoms. The van der Waals surface area contributed by atoms with Gasteiger partial charge in [0.05, 0.1) is 19.5 Å². The Hall–Kier alpha value is -0.600. The van der Waals surface area contributed by atoms with Crippen LogP contribution in [0, 0.1) is 0 Å². The Labute approximate surface area is 95.6 Å². The van der Waals surface area contributed by atoms with Gasteiger partial charge in [0.25, 0.3) is 0 Å². The van der Waals surface area contributed by atoms with E-state index in [0.717, 1.165) is 0 Å². The molecule has 0 aliphatic rings. The van der Waals surface area contributed by atoms with E-state index in [-0.39, 0.29) is 0 Å². The fourth-order valence-electron chi connectivity index (χ4n) is 1.33. The summed E-state index contributed by atoms with van der Waals surface area (Å²) in [6.07, 6.45) is 0. The fraction of sp³-hybridized carbons (Fsp3) is 0.400. The maximum Gasteiger partial charge on any atom is 0.171 e. The Kier molecular flexibility index (Phi) is 3.74. The van der Waals surface area contributed by atoms with Crippen LogP contribution in [0.2, 0.25) is 0 Å². The molecule has 0 fully saturated rings. The average Bonchev–Trinajstić information content (AvgIpc) is 2.15. The summed E-state index contributed by atoms with van der Waals surface area (Å²) in [4.78, 5) is 0.714. The highest BCUT2D eigenvalue weighted by Crippen LogP contribution is 2.42. The summed E-state index contributed by atoms with van der Waals surface area (Å²) in [6.45, 7) is 3.38. The molecule has 3 nitrogen and oxygen atoms in total. The van der Waals surface area contributed by atoms with Crippen LogP contribution in [0.5, 0.6) is 11.5 Å². The minimum atomic E-state index is -2.39. The zero-order valence-electron chi connectivity index (χ0n) is 9.27. The lowest BCUT2D eigenvalue weighted by atomic mass is 10.3. The maximum absolute atomic E-state index is 12.0. The van der Waals surface area contributed by atoms with Crippen molar-refractivity contribution in [2.75, 3.05) is 27.5 Å². The number of hydrogen-bond donors (Lipinski definition) is 1. The van der Waals surface area contributed by atoms with Gasteiger partial charge in [-0.1, -0.05) is 0 Å². The van der Waals surface area contributed by atoms with Crippen LogP contribution < -0.4 is 14.8 Å². The normalized spacial score (nSPS) is 11.3. The topological polar surface area (TPSA) is 35.5 Å².